The molecule has 2 saturated heterocycles. The van der Waals surface area contributed by atoms with Gasteiger partial charge in [-0.05, 0) is 30.9 Å². The van der Waals surface area contributed by atoms with Crippen molar-refractivity contribution < 1.29 is 4.79 Å². The Morgan fingerprint density at radius 3 is 2.30 bits per heavy atom. The Morgan fingerprint density at radius 2 is 1.67 bits per heavy atom. The average Bonchev–Trinajstić information content (AvgIpc) is 2.69. The fourth-order valence-electron chi connectivity index (χ4n) is 3.61. The molecule has 0 unspecified atom stereocenters. The minimum Gasteiger partial charge on any atom is -0.370 e. The maximum Gasteiger partial charge on any atom is 0.224 e. The lowest BCUT2D eigenvalue weighted by molar-refractivity contribution is -0.131. The number of benzene rings is 1. The Bertz CT molecular complexity index is 608. The van der Waals surface area contributed by atoms with Crippen molar-refractivity contribution in [1.29, 1.82) is 0 Å². The molecule has 0 spiro atoms. The van der Waals surface area contributed by atoms with Crippen LogP contribution in [0.3, 0.4) is 0 Å². The molecular formula is C20H32IN5O. The lowest BCUT2D eigenvalue weighted by Gasteiger charge is -2.36. The zero-order chi connectivity index (χ0) is 18.4. The van der Waals surface area contributed by atoms with Crippen LogP contribution in [0.1, 0.15) is 26.2 Å². The molecule has 0 radical (unpaired) electrons. The number of likely N-dealkylation sites (tertiary alicyclic amines) is 1. The number of guanidine groups is 1. The summed E-state index contributed by atoms with van der Waals surface area (Å²) in [5.74, 6) is 1.55. The van der Waals surface area contributed by atoms with Gasteiger partial charge in [-0.25, -0.2) is 0 Å². The Morgan fingerprint density at radius 1 is 1.04 bits per heavy atom. The number of amides is 1. The molecule has 2 N–H and O–H groups in total. The van der Waals surface area contributed by atoms with E-state index >= 15 is 0 Å². The highest BCUT2D eigenvalue weighted by molar-refractivity contribution is 14.0. The molecule has 1 aromatic rings. The normalized spacial score (nSPS) is 19.0. The van der Waals surface area contributed by atoms with Gasteiger partial charge in [-0.3, -0.25) is 9.79 Å². The second kappa shape index (κ2) is 10.7. The first-order valence-corrected chi connectivity index (χ1v) is 9.76. The number of nitrogens with zero attached hydrogens (tertiary/aromatic N) is 4. The molecule has 2 aliphatic rings. The van der Waals surface area contributed by atoms with Gasteiger partial charge in [0.25, 0.3) is 0 Å². The first-order valence-electron chi connectivity index (χ1n) is 9.76. The van der Waals surface area contributed by atoms with Crippen LogP contribution in [0.5, 0.6) is 0 Å². The van der Waals surface area contributed by atoms with Gasteiger partial charge < -0.3 is 20.4 Å². The van der Waals surface area contributed by atoms with Crippen LogP contribution in [0.4, 0.5) is 5.69 Å². The molecule has 0 aliphatic carbocycles. The van der Waals surface area contributed by atoms with Crippen molar-refractivity contribution in [2.75, 3.05) is 50.7 Å². The summed E-state index contributed by atoms with van der Waals surface area (Å²) in [5.41, 5.74) is 7.31. The van der Waals surface area contributed by atoms with Gasteiger partial charge >= 0.3 is 0 Å². The van der Waals surface area contributed by atoms with Gasteiger partial charge in [-0.15, -0.1) is 24.0 Å². The van der Waals surface area contributed by atoms with Crippen LogP contribution in [0, 0.1) is 5.92 Å². The van der Waals surface area contributed by atoms with E-state index in [1.165, 1.54) is 18.5 Å². The number of aliphatic imine (C=N–C) groups is 1. The summed E-state index contributed by atoms with van der Waals surface area (Å²) in [6.45, 7) is 8.03. The number of carbonyl (C=O) groups excluding carboxylic acids is 1. The smallest absolute Gasteiger partial charge is 0.224 e. The molecule has 27 heavy (non-hydrogen) atoms. The number of nitrogens with two attached hydrogens (primary N) is 1. The van der Waals surface area contributed by atoms with E-state index in [9.17, 15) is 4.79 Å². The minimum atomic E-state index is 0. The third kappa shape index (κ3) is 6.26. The van der Waals surface area contributed by atoms with E-state index in [-0.39, 0.29) is 29.9 Å². The van der Waals surface area contributed by atoms with E-state index in [0.29, 0.717) is 18.9 Å². The molecule has 0 bridgehead atoms. The van der Waals surface area contributed by atoms with Gasteiger partial charge in [0.1, 0.15) is 0 Å². The molecule has 150 valence electrons. The summed E-state index contributed by atoms with van der Waals surface area (Å²) in [6, 6.07) is 10.4. The van der Waals surface area contributed by atoms with Crippen LogP contribution < -0.4 is 10.6 Å². The third-order valence-corrected chi connectivity index (χ3v) is 5.46. The molecule has 1 amide bonds. The summed E-state index contributed by atoms with van der Waals surface area (Å²) >= 11 is 0. The van der Waals surface area contributed by atoms with Crippen LogP contribution in [0.15, 0.2) is 35.3 Å². The Hall–Kier alpha value is -1.51. The number of hydrogen-bond acceptors (Lipinski definition) is 3. The summed E-state index contributed by atoms with van der Waals surface area (Å²) in [7, 11) is 0. The van der Waals surface area contributed by atoms with Crippen LogP contribution in [0.2, 0.25) is 0 Å². The maximum absolute atomic E-state index is 12.4. The highest BCUT2D eigenvalue weighted by atomic mass is 127. The Kier molecular flexibility index (Phi) is 8.66. The molecular weight excluding hydrogens is 453 g/mol. The van der Waals surface area contributed by atoms with Crippen molar-refractivity contribution in [3.05, 3.63) is 30.3 Å². The third-order valence-electron chi connectivity index (χ3n) is 5.46. The summed E-state index contributed by atoms with van der Waals surface area (Å²) in [5, 5.41) is 0. The van der Waals surface area contributed by atoms with Crippen molar-refractivity contribution in [3.8, 4) is 0 Å². The Balaban J connectivity index is 0.00000261. The lowest BCUT2D eigenvalue weighted by atomic mass is 10.00. The van der Waals surface area contributed by atoms with E-state index in [0.717, 1.165) is 45.2 Å². The van der Waals surface area contributed by atoms with E-state index in [4.69, 9.17) is 5.73 Å². The number of para-hydroxylation sites is 1. The number of rotatable bonds is 4. The van der Waals surface area contributed by atoms with E-state index < -0.39 is 0 Å². The van der Waals surface area contributed by atoms with Gasteiger partial charge in [0, 0.05) is 51.4 Å². The van der Waals surface area contributed by atoms with Gasteiger partial charge in [0.05, 0.1) is 6.54 Å². The van der Waals surface area contributed by atoms with Gasteiger partial charge in [0.2, 0.25) is 5.91 Å². The highest BCUT2D eigenvalue weighted by Gasteiger charge is 2.21. The largest absolute Gasteiger partial charge is 0.370 e. The van der Waals surface area contributed by atoms with Crippen LogP contribution in [-0.4, -0.2) is 67.5 Å². The molecule has 2 heterocycles. The van der Waals surface area contributed by atoms with Crippen molar-refractivity contribution in [2.24, 2.45) is 16.6 Å². The first kappa shape index (κ1) is 21.8. The first-order chi connectivity index (χ1) is 12.6. The number of carbonyl (C=O) groups is 1. The number of piperazine rings is 1. The highest BCUT2D eigenvalue weighted by Crippen LogP contribution is 2.16. The van der Waals surface area contributed by atoms with Crippen LogP contribution in [0.25, 0.3) is 0 Å². The fourth-order valence-corrected chi connectivity index (χ4v) is 3.61. The van der Waals surface area contributed by atoms with Crippen molar-refractivity contribution in [3.63, 3.8) is 0 Å². The van der Waals surface area contributed by atoms with Crippen molar-refractivity contribution >= 4 is 41.5 Å². The van der Waals surface area contributed by atoms with Crippen LogP contribution in [-0.2, 0) is 4.79 Å². The molecule has 7 heteroatoms. The molecule has 0 saturated carbocycles. The minimum absolute atomic E-state index is 0. The molecule has 6 nitrogen and oxygen atoms in total. The van der Waals surface area contributed by atoms with Gasteiger partial charge in [0.15, 0.2) is 5.96 Å². The topological polar surface area (TPSA) is 65.2 Å². The fraction of sp³-hybridized carbons (Fsp3) is 0.600. The standard InChI is InChI=1S/C20H31N5O.HI/c1-17-8-11-25(12-9-17)20(21)22-10-7-19(26)24-15-13-23(14-16-24)18-5-3-2-4-6-18;/h2-6,17H,7-16H2,1H3,(H2,21,22);1H. The predicted molar refractivity (Wildman–Crippen MR) is 122 cm³/mol. The predicted octanol–water partition coefficient (Wildman–Crippen LogP) is 2.39. The van der Waals surface area contributed by atoms with Crippen LogP contribution >= 0.6 is 24.0 Å². The summed E-state index contributed by atoms with van der Waals surface area (Å²) in [4.78, 5) is 23.3. The molecule has 3 rings (SSSR count). The van der Waals surface area contributed by atoms with E-state index in [1.54, 1.807) is 0 Å². The number of anilines is 1. The van der Waals surface area contributed by atoms with Crippen molar-refractivity contribution in [2.45, 2.75) is 26.2 Å². The zero-order valence-corrected chi connectivity index (χ0v) is 18.5. The number of halogens is 1. The number of piperidine rings is 1. The second-order valence-electron chi connectivity index (χ2n) is 7.36. The zero-order valence-electron chi connectivity index (χ0n) is 16.2. The second-order valence-corrected chi connectivity index (χ2v) is 7.36. The van der Waals surface area contributed by atoms with Crippen molar-refractivity contribution in [1.82, 2.24) is 9.80 Å². The monoisotopic (exact) mass is 485 g/mol. The SMILES string of the molecule is CC1CCN(C(N)=NCCC(=O)N2CCN(c3ccccc3)CC2)CC1.I. The summed E-state index contributed by atoms with van der Waals surface area (Å²) < 4.78 is 0. The molecule has 2 fully saturated rings. The molecule has 1 aromatic carbocycles. The van der Waals surface area contributed by atoms with E-state index in [2.05, 4.69) is 46.0 Å². The summed E-state index contributed by atoms with van der Waals surface area (Å²) in [6.07, 6.45) is 2.78. The maximum atomic E-state index is 12.4. The number of hydrogen-bond donors (Lipinski definition) is 1. The molecule has 2 aliphatic heterocycles. The van der Waals surface area contributed by atoms with Gasteiger partial charge in [-0.2, -0.15) is 0 Å². The van der Waals surface area contributed by atoms with Gasteiger partial charge in [-0.1, -0.05) is 25.1 Å². The quantitative estimate of drug-likeness (QED) is 0.404. The average molecular weight is 485 g/mol. The lowest BCUT2D eigenvalue weighted by Crippen LogP contribution is -2.49. The molecule has 0 atom stereocenters. The Labute approximate surface area is 179 Å². The molecule has 0 aromatic heterocycles. The van der Waals surface area contributed by atoms with E-state index in [1.807, 2.05) is 11.0 Å².